The number of nitrogens with zero attached hydrogens (tertiary/aromatic N) is 3. The third-order valence-electron chi connectivity index (χ3n) is 4.66. The molecule has 0 bridgehead atoms. The Morgan fingerprint density at radius 1 is 1.21 bits per heavy atom. The van der Waals surface area contributed by atoms with Crippen LogP contribution in [0.15, 0.2) is 28.3 Å². The summed E-state index contributed by atoms with van der Waals surface area (Å²) in [6.07, 6.45) is 2.18. The Kier molecular flexibility index (Phi) is 7.54. The maximum Gasteiger partial charge on any atom is 0.310 e. The first-order chi connectivity index (χ1) is 13.2. The topological polar surface area (TPSA) is 114 Å². The van der Waals surface area contributed by atoms with Gasteiger partial charge in [0.2, 0.25) is 10.0 Å². The molecule has 1 aliphatic heterocycles. The Bertz CT molecular complexity index is 880. The number of esters is 1. The molecule has 1 atom stereocenters. The van der Waals surface area contributed by atoms with Gasteiger partial charge in [0.1, 0.15) is 4.90 Å². The van der Waals surface area contributed by atoms with Crippen molar-refractivity contribution in [3.05, 3.63) is 18.3 Å². The van der Waals surface area contributed by atoms with Gasteiger partial charge in [-0.05, 0) is 31.9 Å². The van der Waals surface area contributed by atoms with Crippen molar-refractivity contribution in [1.29, 1.82) is 0 Å². The Morgan fingerprint density at radius 3 is 2.43 bits per heavy atom. The second kappa shape index (κ2) is 9.29. The fourth-order valence-electron chi connectivity index (χ4n) is 3.13. The molecule has 11 heteroatoms. The number of piperidine rings is 1. The molecule has 0 spiro atoms. The van der Waals surface area contributed by atoms with E-state index in [9.17, 15) is 21.6 Å². The van der Waals surface area contributed by atoms with Crippen LogP contribution in [-0.4, -0.2) is 69.2 Å². The van der Waals surface area contributed by atoms with Gasteiger partial charge >= 0.3 is 5.97 Å². The molecule has 0 aromatic carbocycles. The number of hydrogen-bond donors (Lipinski definition) is 0. The quantitative estimate of drug-likeness (QED) is 0.564. The molecule has 1 aliphatic rings. The van der Waals surface area contributed by atoms with Crippen LogP contribution in [0.5, 0.6) is 0 Å². The summed E-state index contributed by atoms with van der Waals surface area (Å²) in [6.45, 7) is 6.31. The summed E-state index contributed by atoms with van der Waals surface area (Å²) in [7, 11) is -7.64. The average Bonchev–Trinajstić information content (AvgIpc) is 2.69. The van der Waals surface area contributed by atoms with E-state index in [0.29, 0.717) is 25.9 Å². The van der Waals surface area contributed by atoms with Crippen molar-refractivity contribution in [3.8, 4) is 0 Å². The Hall–Kier alpha value is -1.56. The molecule has 158 valence electrons. The van der Waals surface area contributed by atoms with Crippen LogP contribution in [0.4, 0.5) is 0 Å². The molecule has 0 aliphatic carbocycles. The highest BCUT2D eigenvalue weighted by Crippen LogP contribution is 2.25. The number of rotatable bonds is 8. The summed E-state index contributed by atoms with van der Waals surface area (Å²) in [5.74, 6) is -0.903. The fraction of sp³-hybridized carbons (Fsp3) is 0.647. The summed E-state index contributed by atoms with van der Waals surface area (Å²) in [5.41, 5.74) is 0. The number of pyridine rings is 1. The summed E-state index contributed by atoms with van der Waals surface area (Å²) < 4.78 is 58.2. The molecule has 0 saturated carbocycles. The van der Waals surface area contributed by atoms with Gasteiger partial charge in [0, 0.05) is 32.4 Å². The second-order valence-electron chi connectivity index (χ2n) is 6.38. The van der Waals surface area contributed by atoms with E-state index in [1.807, 2.05) is 0 Å². The van der Waals surface area contributed by atoms with Crippen molar-refractivity contribution in [2.45, 2.75) is 43.5 Å². The molecule has 0 N–H and O–H groups in total. The zero-order chi connectivity index (χ0) is 20.9. The lowest BCUT2D eigenvalue weighted by atomic mass is 10.0. The molecule has 9 nitrogen and oxygen atoms in total. The first-order valence-corrected chi connectivity index (χ1v) is 12.2. The number of carbonyl (C=O) groups is 1. The smallest absolute Gasteiger partial charge is 0.310 e. The van der Waals surface area contributed by atoms with Crippen LogP contribution in [0.2, 0.25) is 0 Å². The molecule has 1 saturated heterocycles. The highest BCUT2D eigenvalue weighted by Gasteiger charge is 2.34. The molecule has 0 unspecified atom stereocenters. The van der Waals surface area contributed by atoms with Crippen LogP contribution >= 0.6 is 0 Å². The molecule has 1 fully saturated rings. The zero-order valence-electron chi connectivity index (χ0n) is 16.4. The van der Waals surface area contributed by atoms with Crippen molar-refractivity contribution >= 4 is 26.0 Å². The van der Waals surface area contributed by atoms with E-state index in [4.69, 9.17) is 4.74 Å². The van der Waals surface area contributed by atoms with Crippen molar-refractivity contribution in [3.63, 3.8) is 0 Å². The van der Waals surface area contributed by atoms with Gasteiger partial charge in [0.25, 0.3) is 10.0 Å². The van der Waals surface area contributed by atoms with Gasteiger partial charge in [-0.3, -0.25) is 4.79 Å². The minimum absolute atomic E-state index is 0.0423. The summed E-state index contributed by atoms with van der Waals surface area (Å²) >= 11 is 0. The second-order valence-corrected chi connectivity index (χ2v) is 10.2. The van der Waals surface area contributed by atoms with Crippen LogP contribution in [-0.2, 0) is 29.6 Å². The number of carbonyl (C=O) groups excluding carboxylic acids is 1. The monoisotopic (exact) mass is 433 g/mol. The standard InChI is InChI=1S/C17H27N3O6S2/c1-4-19(5-2)28(24,25)16-10-9-15(12-18-16)27(22,23)20-11-7-8-14(13-20)17(21)26-6-3/h9-10,12,14H,4-8,11,13H2,1-3H3/t14-/m1/s1. The first kappa shape index (κ1) is 22.7. The molecule has 0 amide bonds. The van der Waals surface area contributed by atoms with Crippen LogP contribution in [0.1, 0.15) is 33.6 Å². The number of hydrogen-bond acceptors (Lipinski definition) is 7. The molecule has 2 heterocycles. The van der Waals surface area contributed by atoms with Crippen molar-refractivity contribution < 1.29 is 26.4 Å². The summed E-state index contributed by atoms with van der Waals surface area (Å²) in [5, 5.41) is -0.196. The Labute approximate surface area is 166 Å². The minimum Gasteiger partial charge on any atom is -0.466 e. The van der Waals surface area contributed by atoms with Crippen molar-refractivity contribution in [2.24, 2.45) is 5.92 Å². The highest BCUT2D eigenvalue weighted by molar-refractivity contribution is 7.89. The van der Waals surface area contributed by atoms with Gasteiger partial charge in [-0.1, -0.05) is 13.8 Å². The molecular weight excluding hydrogens is 406 g/mol. The van der Waals surface area contributed by atoms with E-state index in [0.717, 1.165) is 6.20 Å². The lowest BCUT2D eigenvalue weighted by Gasteiger charge is -2.30. The van der Waals surface area contributed by atoms with Crippen LogP contribution in [0, 0.1) is 5.92 Å². The first-order valence-electron chi connectivity index (χ1n) is 9.31. The van der Waals surface area contributed by atoms with E-state index < -0.39 is 31.9 Å². The molecule has 1 aromatic heterocycles. The summed E-state index contributed by atoms with van der Waals surface area (Å²) in [4.78, 5) is 15.7. The van der Waals surface area contributed by atoms with Crippen molar-refractivity contribution in [2.75, 3.05) is 32.8 Å². The fourth-order valence-corrected chi connectivity index (χ4v) is 5.97. The molecule has 1 aromatic rings. The largest absolute Gasteiger partial charge is 0.466 e. The van der Waals surface area contributed by atoms with Gasteiger partial charge in [-0.25, -0.2) is 21.8 Å². The predicted molar refractivity (Wildman–Crippen MR) is 102 cm³/mol. The lowest BCUT2D eigenvalue weighted by Crippen LogP contribution is -2.42. The van der Waals surface area contributed by atoms with E-state index in [-0.39, 0.29) is 29.6 Å². The number of ether oxygens (including phenoxy) is 1. The van der Waals surface area contributed by atoms with Crippen molar-refractivity contribution in [1.82, 2.24) is 13.6 Å². The van der Waals surface area contributed by atoms with Gasteiger partial charge in [-0.15, -0.1) is 0 Å². The Balaban J connectivity index is 2.23. The predicted octanol–water partition coefficient (Wildman–Crippen LogP) is 1.08. The third kappa shape index (κ3) is 4.70. The molecule has 28 heavy (non-hydrogen) atoms. The van der Waals surface area contributed by atoms with Gasteiger partial charge < -0.3 is 4.74 Å². The Morgan fingerprint density at radius 2 is 1.89 bits per heavy atom. The van der Waals surface area contributed by atoms with E-state index in [1.54, 1.807) is 20.8 Å². The van der Waals surface area contributed by atoms with E-state index in [1.165, 1.54) is 20.7 Å². The maximum atomic E-state index is 12.9. The summed E-state index contributed by atoms with van der Waals surface area (Å²) in [6, 6.07) is 2.44. The normalized spacial score (nSPS) is 18.9. The number of aromatic nitrogens is 1. The SMILES string of the molecule is CCOC(=O)[C@@H]1CCCN(S(=O)(=O)c2ccc(S(=O)(=O)N(CC)CC)nc2)C1. The number of sulfonamides is 2. The molecule has 0 radical (unpaired) electrons. The zero-order valence-corrected chi connectivity index (χ0v) is 18.0. The van der Waals surface area contributed by atoms with Gasteiger partial charge in [0.05, 0.1) is 12.5 Å². The maximum absolute atomic E-state index is 12.9. The average molecular weight is 434 g/mol. The lowest BCUT2D eigenvalue weighted by molar-refractivity contribution is -0.149. The van der Waals surface area contributed by atoms with E-state index in [2.05, 4.69) is 4.98 Å². The molecular formula is C17H27N3O6S2. The highest BCUT2D eigenvalue weighted by atomic mass is 32.2. The van der Waals surface area contributed by atoms with Crippen LogP contribution in [0.25, 0.3) is 0 Å². The third-order valence-corrected chi connectivity index (χ3v) is 8.48. The minimum atomic E-state index is -3.88. The van der Waals surface area contributed by atoms with E-state index >= 15 is 0 Å². The van der Waals surface area contributed by atoms with Crippen LogP contribution in [0.3, 0.4) is 0 Å². The molecule has 2 rings (SSSR count). The van der Waals surface area contributed by atoms with Gasteiger partial charge in [0.15, 0.2) is 5.03 Å². The van der Waals surface area contributed by atoms with Crippen LogP contribution < -0.4 is 0 Å². The van der Waals surface area contributed by atoms with Gasteiger partial charge in [-0.2, -0.15) is 8.61 Å².